The van der Waals surface area contributed by atoms with Crippen LogP contribution in [0.1, 0.15) is 11.3 Å². The number of ether oxygens (including phenoxy) is 1. The maximum absolute atomic E-state index is 14.5. The summed E-state index contributed by atoms with van der Waals surface area (Å²) in [4.78, 5) is 4.21. The summed E-state index contributed by atoms with van der Waals surface area (Å²) in [5.41, 5.74) is 7.78. The van der Waals surface area contributed by atoms with E-state index in [1.165, 1.54) is 0 Å². The second-order valence-corrected chi connectivity index (χ2v) is 5.67. The first kappa shape index (κ1) is 17.4. The van der Waals surface area contributed by atoms with Gasteiger partial charge in [-0.05, 0) is 42.8 Å². The predicted octanol–water partition coefficient (Wildman–Crippen LogP) is 4.46. The normalized spacial score (nSPS) is 10.4. The number of aryl methyl sites for hydroxylation is 1. The third-order valence-corrected chi connectivity index (χ3v) is 4.09. The van der Waals surface area contributed by atoms with Crippen LogP contribution in [0.4, 0.5) is 14.6 Å². The van der Waals surface area contributed by atoms with Gasteiger partial charge < -0.3 is 10.5 Å². The highest BCUT2D eigenvalue weighted by atomic mass is 19.1. The maximum Gasteiger partial charge on any atom is 0.142 e. The predicted molar refractivity (Wildman–Crippen MR) is 95.4 cm³/mol. The van der Waals surface area contributed by atoms with Crippen molar-refractivity contribution >= 4 is 5.82 Å². The number of benzene rings is 2. The van der Waals surface area contributed by atoms with E-state index in [1.54, 1.807) is 38.3 Å². The monoisotopic (exact) mass is 351 g/mol. The summed E-state index contributed by atoms with van der Waals surface area (Å²) in [5, 5.41) is 9.56. The first-order chi connectivity index (χ1) is 12.5. The molecule has 4 nitrogen and oxygen atoms in total. The number of nitrogen functional groups attached to an aromatic ring is 1. The van der Waals surface area contributed by atoms with E-state index in [4.69, 9.17) is 10.5 Å². The van der Waals surface area contributed by atoms with Crippen LogP contribution in [0.3, 0.4) is 0 Å². The molecule has 130 valence electrons. The molecule has 3 aromatic rings. The molecule has 26 heavy (non-hydrogen) atoms. The van der Waals surface area contributed by atoms with Crippen LogP contribution in [0, 0.1) is 29.9 Å². The van der Waals surface area contributed by atoms with E-state index < -0.39 is 11.6 Å². The highest BCUT2D eigenvalue weighted by Gasteiger charge is 2.22. The fraction of sp³-hybridized carbons (Fsp3) is 0.100. The second-order valence-electron chi connectivity index (χ2n) is 5.67. The quantitative estimate of drug-likeness (QED) is 0.756. The topological polar surface area (TPSA) is 71.9 Å². The summed E-state index contributed by atoms with van der Waals surface area (Å²) in [7, 11) is 1.55. The second kappa shape index (κ2) is 6.81. The highest BCUT2D eigenvalue weighted by Crippen LogP contribution is 2.40. The van der Waals surface area contributed by atoms with Crippen molar-refractivity contribution in [3.63, 3.8) is 0 Å². The van der Waals surface area contributed by atoms with Crippen LogP contribution in [0.2, 0.25) is 0 Å². The Kier molecular flexibility index (Phi) is 4.55. The zero-order valence-electron chi connectivity index (χ0n) is 14.2. The SMILES string of the molecule is COc1ccc(-c2c(C)nc(N)c(C#N)c2-c2cc(F)ccc2F)cc1. The fourth-order valence-electron chi connectivity index (χ4n) is 2.91. The summed E-state index contributed by atoms with van der Waals surface area (Å²) in [6.45, 7) is 1.71. The molecular formula is C20H15F2N3O. The molecule has 0 unspecified atom stereocenters. The van der Waals surface area contributed by atoms with Crippen LogP contribution in [0.15, 0.2) is 42.5 Å². The van der Waals surface area contributed by atoms with Gasteiger partial charge in [0, 0.05) is 22.4 Å². The standard InChI is InChI=1S/C20H15F2N3O/c1-11-18(12-3-6-14(26-2)7-4-12)19(16(10-23)20(24)25-11)15-9-13(21)5-8-17(15)22/h3-9H,1-2H3,(H2,24,25). The molecule has 6 heteroatoms. The zero-order chi connectivity index (χ0) is 18.8. The molecule has 3 rings (SSSR count). The number of methoxy groups -OCH3 is 1. The van der Waals surface area contributed by atoms with Gasteiger partial charge in [-0.15, -0.1) is 0 Å². The van der Waals surface area contributed by atoms with E-state index >= 15 is 0 Å². The van der Waals surface area contributed by atoms with Gasteiger partial charge in [-0.3, -0.25) is 0 Å². The third kappa shape index (κ3) is 2.95. The average Bonchev–Trinajstić information content (AvgIpc) is 2.63. The molecule has 0 saturated carbocycles. The van der Waals surface area contributed by atoms with Gasteiger partial charge in [0.05, 0.1) is 7.11 Å². The Balaban J connectivity index is 2.40. The minimum atomic E-state index is -0.650. The van der Waals surface area contributed by atoms with Crippen LogP contribution in [-0.4, -0.2) is 12.1 Å². The number of halogens is 2. The lowest BCUT2D eigenvalue weighted by atomic mass is 9.90. The van der Waals surface area contributed by atoms with Gasteiger partial charge in [0.15, 0.2) is 0 Å². The third-order valence-electron chi connectivity index (χ3n) is 4.09. The molecule has 0 atom stereocenters. The molecule has 2 N–H and O–H groups in total. The number of hydrogen-bond donors (Lipinski definition) is 1. The van der Waals surface area contributed by atoms with Gasteiger partial charge in [-0.25, -0.2) is 13.8 Å². The van der Waals surface area contributed by atoms with Crippen molar-refractivity contribution in [3.8, 4) is 34.1 Å². The molecular weight excluding hydrogens is 336 g/mol. The van der Waals surface area contributed by atoms with Gasteiger partial charge in [-0.1, -0.05) is 12.1 Å². The molecule has 0 bridgehead atoms. The molecule has 0 aliphatic heterocycles. The van der Waals surface area contributed by atoms with Gasteiger partial charge in [0.2, 0.25) is 0 Å². The first-order valence-electron chi connectivity index (χ1n) is 7.76. The number of rotatable bonds is 3. The molecule has 0 aliphatic carbocycles. The summed E-state index contributed by atoms with van der Waals surface area (Å²) in [6.07, 6.45) is 0. The van der Waals surface area contributed by atoms with Crippen LogP contribution in [0.25, 0.3) is 22.3 Å². The smallest absolute Gasteiger partial charge is 0.142 e. The molecule has 0 saturated heterocycles. The number of aromatic nitrogens is 1. The summed E-state index contributed by atoms with van der Waals surface area (Å²) < 4.78 is 33.4. The van der Waals surface area contributed by atoms with Crippen molar-refractivity contribution in [2.24, 2.45) is 0 Å². The van der Waals surface area contributed by atoms with E-state index in [0.717, 1.165) is 18.2 Å². The van der Waals surface area contributed by atoms with E-state index in [0.29, 0.717) is 22.6 Å². The lowest BCUT2D eigenvalue weighted by Crippen LogP contribution is -2.04. The Labute approximate surface area is 149 Å². The molecule has 1 aromatic heterocycles. The molecule has 0 fully saturated rings. The highest BCUT2D eigenvalue weighted by molar-refractivity contribution is 5.91. The number of anilines is 1. The molecule has 0 spiro atoms. The maximum atomic E-state index is 14.5. The van der Waals surface area contributed by atoms with Gasteiger partial charge in [0.25, 0.3) is 0 Å². The Morgan fingerprint density at radius 3 is 2.38 bits per heavy atom. The van der Waals surface area contributed by atoms with Gasteiger partial charge >= 0.3 is 0 Å². The Hall–Kier alpha value is -3.46. The van der Waals surface area contributed by atoms with Crippen molar-refractivity contribution in [2.75, 3.05) is 12.8 Å². The fourth-order valence-corrected chi connectivity index (χ4v) is 2.91. The van der Waals surface area contributed by atoms with Crippen LogP contribution < -0.4 is 10.5 Å². The van der Waals surface area contributed by atoms with E-state index in [1.807, 2.05) is 6.07 Å². The number of nitrogens with two attached hydrogens (primary N) is 1. The Morgan fingerprint density at radius 1 is 1.08 bits per heavy atom. The Bertz CT molecular complexity index is 1020. The Morgan fingerprint density at radius 2 is 1.77 bits per heavy atom. The lowest BCUT2D eigenvalue weighted by Gasteiger charge is -2.17. The number of pyridine rings is 1. The molecule has 2 aromatic carbocycles. The average molecular weight is 351 g/mol. The van der Waals surface area contributed by atoms with Crippen molar-refractivity contribution in [2.45, 2.75) is 6.92 Å². The van der Waals surface area contributed by atoms with Crippen molar-refractivity contribution in [1.29, 1.82) is 5.26 Å². The first-order valence-corrected chi connectivity index (χ1v) is 7.76. The van der Waals surface area contributed by atoms with Crippen LogP contribution in [0.5, 0.6) is 5.75 Å². The van der Waals surface area contributed by atoms with Crippen molar-refractivity contribution < 1.29 is 13.5 Å². The lowest BCUT2D eigenvalue weighted by molar-refractivity contribution is 0.415. The van der Waals surface area contributed by atoms with Crippen LogP contribution in [-0.2, 0) is 0 Å². The zero-order valence-corrected chi connectivity index (χ0v) is 14.2. The number of nitriles is 1. The molecule has 0 aliphatic rings. The number of hydrogen-bond acceptors (Lipinski definition) is 4. The summed E-state index contributed by atoms with van der Waals surface area (Å²) in [5.74, 6) is -0.642. The largest absolute Gasteiger partial charge is 0.497 e. The molecule has 0 radical (unpaired) electrons. The summed E-state index contributed by atoms with van der Waals surface area (Å²) in [6, 6.07) is 12.1. The van der Waals surface area contributed by atoms with E-state index in [9.17, 15) is 14.0 Å². The van der Waals surface area contributed by atoms with E-state index in [2.05, 4.69) is 4.98 Å². The van der Waals surface area contributed by atoms with E-state index in [-0.39, 0.29) is 22.5 Å². The van der Waals surface area contributed by atoms with Crippen molar-refractivity contribution in [1.82, 2.24) is 4.98 Å². The summed E-state index contributed by atoms with van der Waals surface area (Å²) >= 11 is 0. The van der Waals surface area contributed by atoms with Crippen LogP contribution >= 0.6 is 0 Å². The van der Waals surface area contributed by atoms with Gasteiger partial charge in [0.1, 0.15) is 34.8 Å². The van der Waals surface area contributed by atoms with Gasteiger partial charge in [-0.2, -0.15) is 5.26 Å². The van der Waals surface area contributed by atoms with Crippen molar-refractivity contribution in [3.05, 3.63) is 65.4 Å². The molecule has 0 amide bonds. The molecule has 1 heterocycles. The minimum Gasteiger partial charge on any atom is -0.497 e. The number of nitrogens with zero attached hydrogens (tertiary/aromatic N) is 2. The minimum absolute atomic E-state index is 0.00548.